The number of hydrogen-bond acceptors (Lipinski definition) is 9. The van der Waals surface area contributed by atoms with E-state index in [4.69, 9.17) is 27.9 Å². The van der Waals surface area contributed by atoms with Crippen molar-refractivity contribution in [3.05, 3.63) is 30.6 Å². The van der Waals surface area contributed by atoms with Crippen molar-refractivity contribution in [1.82, 2.24) is 19.6 Å². The molecule has 4 rings (SSSR count). The molecular formula is C30H48N4O7SSi. The Morgan fingerprint density at radius 3 is 2.56 bits per heavy atom. The predicted molar refractivity (Wildman–Crippen MR) is 169 cm³/mol. The molecule has 3 aromatic rings. The largest absolute Gasteiger partial charge is 0.543 e. The average molecular weight is 637 g/mol. The van der Waals surface area contributed by atoms with Crippen LogP contribution in [0.3, 0.4) is 0 Å². The highest BCUT2D eigenvalue weighted by Crippen LogP contribution is 2.39. The summed E-state index contributed by atoms with van der Waals surface area (Å²) in [4.78, 5) is 0. The summed E-state index contributed by atoms with van der Waals surface area (Å²) in [7, 11) is -5.55. The fraction of sp³-hybridized carbons (Fsp3) is 0.667. The summed E-state index contributed by atoms with van der Waals surface area (Å²) >= 11 is 0. The number of benzene rings is 1. The van der Waals surface area contributed by atoms with E-state index >= 15 is 0 Å². The molecule has 0 aliphatic carbocycles. The Bertz CT molecular complexity index is 1460. The van der Waals surface area contributed by atoms with E-state index in [-0.39, 0.29) is 17.4 Å². The van der Waals surface area contributed by atoms with Gasteiger partial charge in [0.05, 0.1) is 50.4 Å². The third-order valence-corrected chi connectivity index (χ3v) is 13.3. The molecule has 0 radical (unpaired) electrons. The normalized spacial score (nSPS) is 18.2. The van der Waals surface area contributed by atoms with Crippen LogP contribution in [0.1, 0.15) is 60.1 Å². The van der Waals surface area contributed by atoms with E-state index in [0.717, 1.165) is 60.0 Å². The van der Waals surface area contributed by atoms with Crippen LogP contribution in [-0.4, -0.2) is 81.2 Å². The van der Waals surface area contributed by atoms with Gasteiger partial charge in [0.15, 0.2) is 6.23 Å². The summed E-state index contributed by atoms with van der Waals surface area (Å²) in [5.41, 5.74) is 2.79. The van der Waals surface area contributed by atoms with Crippen LogP contribution < -0.4 is 4.43 Å². The van der Waals surface area contributed by atoms with E-state index in [0.29, 0.717) is 26.4 Å². The maximum Gasteiger partial charge on any atom is 0.264 e. The Morgan fingerprint density at radius 2 is 1.88 bits per heavy atom. The molecule has 1 unspecified atom stereocenters. The van der Waals surface area contributed by atoms with E-state index in [1.807, 2.05) is 21.8 Å². The van der Waals surface area contributed by atoms with Gasteiger partial charge >= 0.3 is 0 Å². The molecule has 43 heavy (non-hydrogen) atoms. The number of aromatic nitrogens is 4. The lowest BCUT2D eigenvalue weighted by molar-refractivity contribution is -0.0365. The van der Waals surface area contributed by atoms with Gasteiger partial charge in [0, 0.05) is 23.8 Å². The Hall–Kier alpha value is -2.29. The van der Waals surface area contributed by atoms with Crippen LogP contribution in [0.25, 0.3) is 22.2 Å². The standard InChI is InChI=1S/C30H48N4O7SSi/c1-22(23(2)40-42(6,35)36)38-18-17-37-16-14-33-21-24(20-31-33)29-26-19-25(41-43(7,8)30(3,4)5)12-13-27(26)34(32-29)28-11-9-10-15-39-28/h12-13,19-23,28H,9-11,14-18H2,1-8H3/t22-,23-,28?/m0/s1. The first-order valence-corrected chi connectivity index (χ1v) is 19.8. The molecule has 0 amide bonds. The van der Waals surface area contributed by atoms with Crippen LogP contribution in [0.2, 0.25) is 18.1 Å². The van der Waals surface area contributed by atoms with Gasteiger partial charge in [-0.05, 0) is 69.4 Å². The van der Waals surface area contributed by atoms with Gasteiger partial charge in [-0.3, -0.25) is 8.86 Å². The van der Waals surface area contributed by atoms with Crippen molar-refractivity contribution in [3.63, 3.8) is 0 Å². The molecule has 1 aliphatic heterocycles. The van der Waals surface area contributed by atoms with Gasteiger partial charge in [0.2, 0.25) is 8.32 Å². The van der Waals surface area contributed by atoms with Gasteiger partial charge in [-0.15, -0.1) is 0 Å². The first kappa shape index (κ1) is 33.6. The fourth-order valence-corrected chi connectivity index (χ4v) is 6.36. The SMILES string of the molecule is C[C@H](OCCOCCn1cc(-c2nn(C3CCCCO3)c3ccc(O[Si](C)(C)C(C)(C)C)cc23)cn1)[C@H](C)OS(C)(=O)=O. The molecule has 0 bridgehead atoms. The summed E-state index contributed by atoms with van der Waals surface area (Å²) in [6.07, 6.45) is 6.93. The molecule has 1 saturated heterocycles. The average Bonchev–Trinajstić information content (AvgIpc) is 3.53. The molecule has 1 aliphatic rings. The van der Waals surface area contributed by atoms with Crippen molar-refractivity contribution < 1.29 is 31.2 Å². The summed E-state index contributed by atoms with van der Waals surface area (Å²) in [5, 5.41) is 10.7. The number of hydrogen-bond donors (Lipinski definition) is 0. The molecule has 240 valence electrons. The van der Waals surface area contributed by atoms with Crippen molar-refractivity contribution in [2.24, 2.45) is 0 Å². The van der Waals surface area contributed by atoms with Crippen molar-refractivity contribution in [1.29, 1.82) is 0 Å². The van der Waals surface area contributed by atoms with Gasteiger partial charge in [-0.25, -0.2) is 4.68 Å². The first-order chi connectivity index (χ1) is 20.1. The zero-order valence-electron chi connectivity index (χ0n) is 26.8. The highest BCUT2D eigenvalue weighted by molar-refractivity contribution is 7.86. The zero-order valence-corrected chi connectivity index (χ0v) is 28.6. The van der Waals surface area contributed by atoms with Gasteiger partial charge in [0.1, 0.15) is 17.5 Å². The topological polar surface area (TPSA) is 116 Å². The second-order valence-electron chi connectivity index (χ2n) is 12.8. The second kappa shape index (κ2) is 13.8. The molecular weight excluding hydrogens is 589 g/mol. The van der Waals surface area contributed by atoms with Crippen LogP contribution in [0, 0.1) is 0 Å². The van der Waals surface area contributed by atoms with Crippen molar-refractivity contribution in [2.75, 3.05) is 32.7 Å². The van der Waals surface area contributed by atoms with E-state index in [2.05, 4.69) is 57.2 Å². The molecule has 0 spiro atoms. The third kappa shape index (κ3) is 8.89. The molecule has 13 heteroatoms. The molecule has 1 fully saturated rings. The Morgan fingerprint density at radius 1 is 1.12 bits per heavy atom. The smallest absolute Gasteiger partial charge is 0.264 e. The van der Waals surface area contributed by atoms with Crippen LogP contribution in [0.4, 0.5) is 0 Å². The first-order valence-electron chi connectivity index (χ1n) is 15.1. The van der Waals surface area contributed by atoms with Crippen LogP contribution in [0.5, 0.6) is 5.75 Å². The summed E-state index contributed by atoms with van der Waals surface area (Å²) in [6, 6.07) is 6.26. The van der Waals surface area contributed by atoms with Crippen LogP contribution in [0.15, 0.2) is 30.6 Å². The maximum atomic E-state index is 11.3. The Kier molecular flexibility index (Phi) is 10.8. The number of fused-ring (bicyclic) bond motifs is 1. The fourth-order valence-electron chi connectivity index (χ4n) is 4.63. The lowest BCUT2D eigenvalue weighted by Crippen LogP contribution is -2.43. The van der Waals surface area contributed by atoms with E-state index in [9.17, 15) is 8.42 Å². The van der Waals surface area contributed by atoms with Crippen molar-refractivity contribution in [3.8, 4) is 17.0 Å². The minimum atomic E-state index is -3.53. The van der Waals surface area contributed by atoms with Gasteiger partial charge in [-0.1, -0.05) is 20.8 Å². The van der Waals surface area contributed by atoms with Crippen LogP contribution in [-0.2, 0) is 35.1 Å². The third-order valence-electron chi connectivity index (χ3n) is 8.25. The highest BCUT2D eigenvalue weighted by atomic mass is 32.2. The molecule has 3 atom stereocenters. The summed E-state index contributed by atoms with van der Waals surface area (Å²) < 4.78 is 55.6. The summed E-state index contributed by atoms with van der Waals surface area (Å²) in [5.74, 6) is 0.860. The van der Waals surface area contributed by atoms with E-state index < -0.39 is 24.5 Å². The molecule has 2 aromatic heterocycles. The monoisotopic (exact) mass is 636 g/mol. The predicted octanol–water partition coefficient (Wildman–Crippen LogP) is 5.77. The van der Waals surface area contributed by atoms with Crippen molar-refractivity contribution >= 4 is 29.3 Å². The zero-order chi connectivity index (χ0) is 31.4. The number of nitrogens with zero attached hydrogens (tertiary/aromatic N) is 4. The highest BCUT2D eigenvalue weighted by Gasteiger charge is 2.39. The lowest BCUT2D eigenvalue weighted by atomic mass is 10.1. The molecule has 0 saturated carbocycles. The molecule has 3 heterocycles. The maximum absolute atomic E-state index is 11.3. The van der Waals surface area contributed by atoms with Gasteiger partial charge < -0.3 is 18.6 Å². The van der Waals surface area contributed by atoms with Crippen molar-refractivity contribution in [2.45, 2.75) is 97.0 Å². The quantitative estimate of drug-likeness (QED) is 0.124. The second-order valence-corrected chi connectivity index (χ2v) is 19.2. The van der Waals surface area contributed by atoms with E-state index in [1.165, 1.54) is 0 Å². The minimum Gasteiger partial charge on any atom is -0.543 e. The number of rotatable bonds is 14. The number of ether oxygens (including phenoxy) is 3. The molecule has 11 nitrogen and oxygen atoms in total. The molecule has 0 N–H and O–H groups in total. The van der Waals surface area contributed by atoms with Crippen LogP contribution >= 0.6 is 0 Å². The Labute approximate surface area is 257 Å². The van der Waals surface area contributed by atoms with Gasteiger partial charge in [0.25, 0.3) is 10.1 Å². The Balaban J connectivity index is 1.43. The van der Waals surface area contributed by atoms with Gasteiger partial charge in [-0.2, -0.15) is 18.6 Å². The summed E-state index contributed by atoms with van der Waals surface area (Å²) in [6.45, 7) is 17.1. The van der Waals surface area contributed by atoms with E-state index in [1.54, 1.807) is 13.8 Å². The molecule has 1 aromatic carbocycles. The minimum absolute atomic E-state index is 0.0869. The lowest BCUT2D eigenvalue weighted by Gasteiger charge is -2.36.